The van der Waals surface area contributed by atoms with Crippen LogP contribution in [0.1, 0.15) is 58.4 Å². The Hall–Kier alpha value is -3.69. The first-order chi connectivity index (χ1) is 25.2. The van der Waals surface area contributed by atoms with Crippen molar-refractivity contribution in [1.29, 1.82) is 0 Å². The minimum atomic E-state index is -2.05. The minimum absolute atomic E-state index is 0.138. The molecule has 0 bridgehead atoms. The van der Waals surface area contributed by atoms with Crippen molar-refractivity contribution in [2.45, 2.75) is 68.4 Å². The quantitative estimate of drug-likeness (QED) is 0.0939. The summed E-state index contributed by atoms with van der Waals surface area (Å²) >= 11 is -2.05. The van der Waals surface area contributed by atoms with Crippen LogP contribution in [-0.4, -0.2) is 23.8 Å². The predicted octanol–water partition coefficient (Wildman–Crippen LogP) is 13.5. The van der Waals surface area contributed by atoms with Crippen LogP contribution >= 0.6 is 19.4 Å². The summed E-state index contributed by atoms with van der Waals surface area (Å²) in [6, 6.07) is 32.7. The Labute approximate surface area is 330 Å². The second kappa shape index (κ2) is 16.4. The van der Waals surface area contributed by atoms with Crippen molar-refractivity contribution in [2.24, 2.45) is 0 Å². The predicted molar refractivity (Wildman–Crippen MR) is 230 cm³/mol. The summed E-state index contributed by atoms with van der Waals surface area (Å²) in [5.74, 6) is 1.00. The molecule has 6 aromatic carbocycles. The third kappa shape index (κ3) is 8.22. The van der Waals surface area contributed by atoms with E-state index in [1.54, 1.807) is 0 Å². The van der Waals surface area contributed by atoms with Gasteiger partial charge in [0.05, 0.1) is 0 Å². The Morgan fingerprint density at radius 1 is 0.642 bits per heavy atom. The van der Waals surface area contributed by atoms with E-state index in [-0.39, 0.29) is 6.10 Å². The average Bonchev–Trinajstić information content (AvgIpc) is 3.55. The maximum atomic E-state index is 6.35. The van der Waals surface area contributed by atoms with E-state index in [9.17, 15) is 0 Å². The van der Waals surface area contributed by atoms with E-state index in [1.807, 2.05) is 4.61 Å². The number of hydrogen-bond donors (Lipinski definition) is 0. The second-order valence-corrected chi connectivity index (χ2v) is 20.4. The van der Waals surface area contributed by atoms with Gasteiger partial charge in [-0.1, -0.05) is 35.4 Å². The van der Waals surface area contributed by atoms with Gasteiger partial charge >= 0.3 is 192 Å². The first-order valence-electron chi connectivity index (χ1n) is 18.2. The Bertz CT molecular complexity index is 2230. The molecule has 7 rings (SSSR count). The Morgan fingerprint density at radius 2 is 1.11 bits per heavy atom. The van der Waals surface area contributed by atoms with Crippen molar-refractivity contribution in [2.75, 3.05) is 22.9 Å². The van der Waals surface area contributed by atoms with Gasteiger partial charge in [0.15, 0.2) is 0 Å². The van der Waals surface area contributed by atoms with Gasteiger partial charge in [-0.2, -0.15) is 6.67 Å². The van der Waals surface area contributed by atoms with Crippen LogP contribution in [0.15, 0.2) is 91.0 Å². The van der Waals surface area contributed by atoms with Crippen LogP contribution in [0.5, 0.6) is 5.75 Å². The zero-order chi connectivity index (χ0) is 38.1. The van der Waals surface area contributed by atoms with Gasteiger partial charge in [-0.25, -0.2) is 0 Å². The van der Waals surface area contributed by atoms with Gasteiger partial charge in [0.25, 0.3) is 0 Å². The topological polar surface area (TPSA) is 9.18 Å². The first kappa shape index (κ1) is 39.0. The third-order valence-electron chi connectivity index (χ3n) is 10.1. The summed E-state index contributed by atoms with van der Waals surface area (Å²) < 4.78 is 5.11. The van der Waals surface area contributed by atoms with Crippen molar-refractivity contribution in [3.8, 4) is 16.9 Å². The summed E-state index contributed by atoms with van der Waals surface area (Å²) in [7, 11) is 17.0. The van der Waals surface area contributed by atoms with Crippen molar-refractivity contribution in [3.63, 3.8) is 0 Å². The number of anilines is 2. The van der Waals surface area contributed by atoms with Crippen molar-refractivity contribution >= 4 is 56.9 Å². The molecule has 0 spiro atoms. The van der Waals surface area contributed by atoms with Gasteiger partial charge < -0.3 is 9.80 Å². The maximum absolute atomic E-state index is 6.35. The number of rotatable bonds is 6. The van der Waals surface area contributed by atoms with E-state index in [4.69, 9.17) is 19.4 Å². The zero-order valence-corrected chi connectivity index (χ0v) is 35.7. The van der Waals surface area contributed by atoms with Crippen molar-refractivity contribution in [1.82, 2.24) is 0 Å². The molecule has 0 aromatic heterocycles. The van der Waals surface area contributed by atoms with Crippen molar-refractivity contribution in [3.05, 3.63) is 149 Å². The van der Waals surface area contributed by atoms with E-state index in [2.05, 4.69) is 181 Å². The van der Waals surface area contributed by atoms with Crippen LogP contribution in [0.4, 0.5) is 11.4 Å². The van der Waals surface area contributed by atoms with Crippen LogP contribution in [0.2, 0.25) is 0 Å². The van der Waals surface area contributed by atoms with Crippen molar-refractivity contribution < 1.29 is 17.9 Å². The summed E-state index contributed by atoms with van der Waals surface area (Å²) in [5, 5.41) is 4.80. The fraction of sp³-hybridized carbons (Fsp3) is 0.255. The summed E-state index contributed by atoms with van der Waals surface area (Å²) in [4.78, 5) is 4.81. The molecule has 0 saturated carbocycles. The van der Waals surface area contributed by atoms with Gasteiger partial charge in [0.1, 0.15) is 0 Å². The zero-order valence-electron chi connectivity index (χ0n) is 32.4. The molecule has 1 saturated heterocycles. The molecule has 53 heavy (non-hydrogen) atoms. The average molecular weight is 832 g/mol. The number of fused-ring (bicyclic) bond motifs is 2. The number of benzene rings is 6. The number of nitrogens with zero attached hydrogens (tertiary/aromatic N) is 2. The van der Waals surface area contributed by atoms with Gasteiger partial charge in [0, 0.05) is 24.5 Å². The van der Waals surface area contributed by atoms with Gasteiger partial charge in [-0.3, -0.25) is 0 Å². The van der Waals surface area contributed by atoms with E-state index in [1.165, 1.54) is 72.0 Å². The third-order valence-corrected chi connectivity index (χ3v) is 12.0. The van der Waals surface area contributed by atoms with Crippen LogP contribution in [0.3, 0.4) is 0 Å². The molecule has 1 heterocycles. The standard InChI is InChI=1S/C26H24O.C21H27N2.2ClH.Ru/c1-17(2)27(5)26-19(4)16-21-11-7-9-13-23(21)25(26)24-18(3)14-15-20-10-6-8-12-22(20)24;1-14-9-16(3)20(17(4)10-14)22-7-8-23(13-22)21-18(5)11-15(2)12-19(21)6;;;/h4,6-17H,5H2,1-3H3;9-13H,7-8H2,1-6H3;2*1H;/q;-1;;;+2/p-2. The molecule has 0 N–H and O–H groups in total. The second-order valence-electron chi connectivity index (χ2n) is 14.7. The van der Waals surface area contributed by atoms with Gasteiger partial charge in [-0.15, -0.1) is 0 Å². The molecule has 1 fully saturated rings. The molecule has 278 valence electrons. The SMILES string of the molecule is Cc1cc(C)c(N2[CH-]N(c3c(C)cc(C)cc3C)CC2)c(C)c1.[CH2-][O+](c1c([CH]=[Ru]([Cl])[Cl])cc2ccccc2c1-c1c(C)ccc2ccccc12)C(C)C. The summed E-state index contributed by atoms with van der Waals surface area (Å²) in [6.45, 7) is 24.0. The molecule has 0 amide bonds. The van der Waals surface area contributed by atoms with E-state index in [0.717, 1.165) is 35.4 Å². The molecule has 0 aliphatic carbocycles. The molecule has 0 unspecified atom stereocenters. The molecule has 1 aliphatic heterocycles. The van der Waals surface area contributed by atoms with Gasteiger partial charge in [0.2, 0.25) is 0 Å². The molecular weight excluding hydrogens is 781 g/mol. The summed E-state index contributed by atoms with van der Waals surface area (Å²) in [5.41, 5.74) is 15.5. The fourth-order valence-corrected chi connectivity index (χ4v) is 9.84. The van der Waals surface area contributed by atoms with E-state index in [0.29, 0.717) is 0 Å². The molecule has 6 heteroatoms. The molecule has 0 radical (unpaired) electrons. The normalized spacial score (nSPS) is 13.1. The van der Waals surface area contributed by atoms with Crippen LogP contribution in [0, 0.1) is 62.2 Å². The summed E-state index contributed by atoms with van der Waals surface area (Å²) in [6.07, 6.45) is 0.138. The molecular formula is C47H51Cl2N2ORu-. The Balaban J connectivity index is 0.000000188. The molecule has 6 aromatic rings. The first-order valence-corrected chi connectivity index (χ1v) is 23.7. The van der Waals surface area contributed by atoms with Crippen LogP contribution in [-0.2, 0) is 17.9 Å². The van der Waals surface area contributed by atoms with Gasteiger partial charge in [-0.05, 0) is 63.8 Å². The van der Waals surface area contributed by atoms with E-state index >= 15 is 0 Å². The number of hydrogen-bond acceptors (Lipinski definition) is 2. The number of halogens is 2. The molecule has 1 aliphatic rings. The van der Waals surface area contributed by atoms with E-state index < -0.39 is 13.5 Å². The Morgan fingerprint density at radius 3 is 1.60 bits per heavy atom. The molecule has 0 atom stereocenters. The van der Waals surface area contributed by atoms with Crippen LogP contribution < -0.4 is 9.80 Å². The molecule has 3 nitrogen and oxygen atoms in total. The Kier molecular flexibility index (Phi) is 12.0. The monoisotopic (exact) mass is 831 g/mol. The number of aryl methyl sites for hydroxylation is 7. The van der Waals surface area contributed by atoms with Crippen LogP contribution in [0.25, 0.3) is 32.7 Å². The fourth-order valence-electron chi connectivity index (χ4n) is 8.08.